The van der Waals surface area contributed by atoms with E-state index in [-0.39, 0.29) is 0 Å². The molecular weight excluding hydrogens is 266 g/mol. The van der Waals surface area contributed by atoms with Crippen molar-refractivity contribution in [1.29, 1.82) is 0 Å². The Morgan fingerprint density at radius 2 is 0.909 bits per heavy atom. The maximum Gasteiger partial charge on any atom is 0.0701 e. The lowest BCUT2D eigenvalue weighted by Crippen LogP contribution is -1.73. The van der Waals surface area contributed by atoms with Gasteiger partial charge in [-0.05, 0) is 22.9 Å². The fourth-order valence-electron chi connectivity index (χ4n) is 2.15. The molecule has 0 atom stereocenters. The topological polar surface area (TPSA) is 12.9 Å². The normalized spacial score (nSPS) is 9.27. The van der Waals surface area contributed by atoms with E-state index in [0.717, 1.165) is 5.52 Å². The summed E-state index contributed by atoms with van der Waals surface area (Å²) < 4.78 is 0. The number of pyridine rings is 1. The average molecular weight is 285 g/mol. The lowest BCUT2D eigenvalue weighted by atomic mass is 10.1. The van der Waals surface area contributed by atoms with Crippen molar-refractivity contribution in [2.45, 2.75) is 0 Å². The van der Waals surface area contributed by atoms with Crippen molar-refractivity contribution in [3.8, 4) is 0 Å². The quantitative estimate of drug-likeness (QED) is 0.368. The largest absolute Gasteiger partial charge is 0.256 e. The van der Waals surface area contributed by atoms with E-state index in [9.17, 15) is 0 Å². The van der Waals surface area contributed by atoms with Gasteiger partial charge in [-0.2, -0.15) is 0 Å². The van der Waals surface area contributed by atoms with E-state index in [1.165, 1.54) is 16.2 Å². The molecule has 3 aromatic carbocycles. The molecule has 0 amide bonds. The second kappa shape index (κ2) is 8.38. The molecule has 0 aliphatic heterocycles. The summed E-state index contributed by atoms with van der Waals surface area (Å²) in [4.78, 5) is 4.18. The Hall–Kier alpha value is -2.93. The highest BCUT2D eigenvalue weighted by Gasteiger charge is 1.87. The monoisotopic (exact) mass is 285 g/mol. The molecule has 1 heteroatoms. The predicted molar refractivity (Wildman–Crippen MR) is 96.9 cm³/mol. The van der Waals surface area contributed by atoms with E-state index in [4.69, 9.17) is 0 Å². The van der Waals surface area contributed by atoms with Crippen LogP contribution in [0, 0.1) is 0 Å². The number of nitrogens with zero attached hydrogens (tertiary/aromatic N) is 1. The molecule has 4 rings (SSSR count). The van der Waals surface area contributed by atoms with Crippen LogP contribution in [0.2, 0.25) is 0 Å². The zero-order valence-corrected chi connectivity index (χ0v) is 12.5. The molecule has 108 valence electrons. The molecular formula is C21H19N. The maximum atomic E-state index is 4.18. The second-order valence-electron chi connectivity index (χ2n) is 4.54. The number of hydrogen-bond acceptors (Lipinski definition) is 1. The van der Waals surface area contributed by atoms with Crippen LogP contribution in [0.3, 0.4) is 0 Å². The van der Waals surface area contributed by atoms with Gasteiger partial charge in [-0.15, -0.1) is 13.2 Å². The molecule has 0 unspecified atom stereocenters. The first-order chi connectivity index (χ1) is 10.9. The van der Waals surface area contributed by atoms with Gasteiger partial charge in [-0.1, -0.05) is 72.8 Å². The first kappa shape index (κ1) is 15.5. The Balaban J connectivity index is 0.000000144. The molecule has 0 aliphatic rings. The van der Waals surface area contributed by atoms with Gasteiger partial charge < -0.3 is 0 Å². The summed E-state index contributed by atoms with van der Waals surface area (Å²) in [6.07, 6.45) is 1.81. The van der Waals surface area contributed by atoms with Crippen molar-refractivity contribution in [1.82, 2.24) is 4.98 Å². The highest BCUT2D eigenvalue weighted by molar-refractivity contribution is 5.82. The number of aromatic nitrogens is 1. The lowest BCUT2D eigenvalue weighted by molar-refractivity contribution is 1.41. The number of fused-ring (bicyclic) bond motifs is 2. The number of hydrogen-bond donors (Lipinski definition) is 0. The molecule has 0 radical (unpaired) electrons. The van der Waals surface area contributed by atoms with E-state index in [0.29, 0.717) is 0 Å². The van der Waals surface area contributed by atoms with E-state index < -0.39 is 0 Å². The minimum atomic E-state index is 1.06. The van der Waals surface area contributed by atoms with Gasteiger partial charge in [0.15, 0.2) is 0 Å². The Kier molecular flexibility index (Phi) is 5.89. The van der Waals surface area contributed by atoms with Crippen LogP contribution in [0.25, 0.3) is 21.7 Å². The van der Waals surface area contributed by atoms with Crippen molar-refractivity contribution in [3.05, 3.63) is 104 Å². The zero-order valence-electron chi connectivity index (χ0n) is 12.5. The van der Waals surface area contributed by atoms with Gasteiger partial charge in [0.05, 0.1) is 5.52 Å². The summed E-state index contributed by atoms with van der Waals surface area (Å²) in [5.74, 6) is 0. The molecule has 0 saturated carbocycles. The van der Waals surface area contributed by atoms with E-state index >= 15 is 0 Å². The fraction of sp³-hybridized carbons (Fsp3) is 0. The molecule has 0 N–H and O–H groups in total. The standard InChI is InChI=1S/C10H8.C9H7N.C2H4/c1-2-6-10-8-4-3-7-9(10)5-1;1-2-6-9-8(4-1)5-3-7-10-9;1-2/h1-8H;1-7H;1-2H2. The first-order valence-electron chi connectivity index (χ1n) is 7.17. The number of para-hydroxylation sites is 1. The maximum absolute atomic E-state index is 4.18. The van der Waals surface area contributed by atoms with Crippen molar-refractivity contribution in [2.75, 3.05) is 0 Å². The Morgan fingerprint density at radius 1 is 0.500 bits per heavy atom. The van der Waals surface area contributed by atoms with Crippen molar-refractivity contribution < 1.29 is 0 Å². The lowest BCUT2D eigenvalue weighted by Gasteiger charge is -1.92. The van der Waals surface area contributed by atoms with Crippen LogP contribution in [-0.2, 0) is 0 Å². The van der Waals surface area contributed by atoms with E-state index in [1.54, 1.807) is 0 Å². The number of benzene rings is 3. The van der Waals surface area contributed by atoms with Gasteiger partial charge >= 0.3 is 0 Å². The van der Waals surface area contributed by atoms with Crippen molar-refractivity contribution in [3.63, 3.8) is 0 Å². The average Bonchev–Trinajstić information content (AvgIpc) is 2.64. The van der Waals surface area contributed by atoms with Gasteiger partial charge in [0.2, 0.25) is 0 Å². The predicted octanol–water partition coefficient (Wildman–Crippen LogP) is 5.88. The number of rotatable bonds is 0. The molecule has 1 nitrogen and oxygen atoms in total. The summed E-state index contributed by atoms with van der Waals surface area (Å²) in [5.41, 5.74) is 1.06. The molecule has 1 aromatic heterocycles. The summed E-state index contributed by atoms with van der Waals surface area (Å²) in [5, 5.41) is 3.82. The van der Waals surface area contributed by atoms with E-state index in [2.05, 4.69) is 78.8 Å². The third-order valence-corrected chi connectivity index (χ3v) is 3.17. The SMILES string of the molecule is C=C.c1ccc2ccccc2c1.c1ccc2ncccc2c1. The zero-order chi connectivity index (χ0) is 15.6. The van der Waals surface area contributed by atoms with E-state index in [1.807, 2.05) is 30.5 Å². The molecule has 0 spiro atoms. The molecule has 0 aliphatic carbocycles. The summed E-state index contributed by atoms with van der Waals surface area (Å²) >= 11 is 0. The molecule has 0 bridgehead atoms. The van der Waals surface area contributed by atoms with Crippen LogP contribution in [0.5, 0.6) is 0 Å². The Morgan fingerprint density at radius 3 is 1.41 bits per heavy atom. The van der Waals surface area contributed by atoms with Crippen LogP contribution in [-0.4, -0.2) is 4.98 Å². The molecule has 4 aromatic rings. The minimum Gasteiger partial charge on any atom is -0.256 e. The van der Waals surface area contributed by atoms with Gasteiger partial charge in [-0.25, -0.2) is 0 Å². The second-order valence-corrected chi connectivity index (χ2v) is 4.54. The van der Waals surface area contributed by atoms with Gasteiger partial charge in [0.1, 0.15) is 0 Å². The molecule has 0 saturated heterocycles. The third-order valence-electron chi connectivity index (χ3n) is 3.17. The van der Waals surface area contributed by atoms with Gasteiger partial charge in [0.25, 0.3) is 0 Å². The summed E-state index contributed by atoms with van der Waals surface area (Å²) in [7, 11) is 0. The Labute approximate surface area is 131 Å². The van der Waals surface area contributed by atoms with Crippen LogP contribution in [0.15, 0.2) is 104 Å². The molecule has 0 fully saturated rings. The summed E-state index contributed by atoms with van der Waals surface area (Å²) in [6, 6.07) is 28.8. The molecule has 1 heterocycles. The van der Waals surface area contributed by atoms with Crippen LogP contribution in [0.4, 0.5) is 0 Å². The van der Waals surface area contributed by atoms with Gasteiger partial charge in [0, 0.05) is 11.6 Å². The van der Waals surface area contributed by atoms with Crippen LogP contribution in [0.1, 0.15) is 0 Å². The smallest absolute Gasteiger partial charge is 0.0701 e. The molecule has 22 heavy (non-hydrogen) atoms. The summed E-state index contributed by atoms with van der Waals surface area (Å²) in [6.45, 7) is 6.00. The van der Waals surface area contributed by atoms with Crippen molar-refractivity contribution >= 4 is 21.7 Å². The minimum absolute atomic E-state index is 1.06. The first-order valence-corrected chi connectivity index (χ1v) is 7.17. The third kappa shape index (κ3) is 4.03. The Bertz CT molecular complexity index is 634. The highest BCUT2D eigenvalue weighted by atomic mass is 14.6. The fourth-order valence-corrected chi connectivity index (χ4v) is 2.15. The van der Waals surface area contributed by atoms with Crippen LogP contribution >= 0.6 is 0 Å². The van der Waals surface area contributed by atoms with Gasteiger partial charge in [-0.3, -0.25) is 4.98 Å². The van der Waals surface area contributed by atoms with Crippen LogP contribution < -0.4 is 0 Å². The van der Waals surface area contributed by atoms with Crippen molar-refractivity contribution in [2.24, 2.45) is 0 Å². The highest BCUT2D eigenvalue weighted by Crippen LogP contribution is 2.11.